The first-order valence-electron chi connectivity index (χ1n) is 5.45. The molecule has 0 saturated heterocycles. The molecule has 0 bridgehead atoms. The number of thioether (sulfide) groups is 1. The Morgan fingerprint density at radius 3 is 2.19 bits per heavy atom. The van der Waals surface area contributed by atoms with Crippen LogP contribution in [0.3, 0.4) is 0 Å². The van der Waals surface area contributed by atoms with Crippen molar-refractivity contribution >= 4 is 23.1 Å². The minimum absolute atomic E-state index is 0.610. The van der Waals surface area contributed by atoms with Gasteiger partial charge in [-0.05, 0) is 35.4 Å². The summed E-state index contributed by atoms with van der Waals surface area (Å²) < 4.78 is 1.38. The van der Waals surface area contributed by atoms with Crippen LogP contribution in [0.4, 0.5) is 0 Å². The molecular weight excluding hydrogens is 232 g/mol. The minimum atomic E-state index is 0.610. The summed E-state index contributed by atoms with van der Waals surface area (Å²) in [4.78, 5) is 1.36. The monoisotopic (exact) mass is 248 g/mol. The first kappa shape index (κ1) is 11.7. The molecule has 0 fully saturated rings. The molecule has 0 aliphatic heterocycles. The third-order valence-corrected chi connectivity index (χ3v) is 4.86. The zero-order valence-corrected chi connectivity index (χ0v) is 11.5. The molecule has 0 aliphatic carbocycles. The average Bonchev–Trinajstić information content (AvgIpc) is 2.77. The van der Waals surface area contributed by atoms with Crippen LogP contribution in [0.2, 0.25) is 0 Å². The first-order valence-corrected chi connectivity index (χ1v) is 7.49. The Bertz CT molecular complexity index is 452. The second-order valence-electron chi connectivity index (χ2n) is 4.10. The lowest BCUT2D eigenvalue weighted by Gasteiger charge is -2.05. The summed E-state index contributed by atoms with van der Waals surface area (Å²) in [7, 11) is 0. The van der Waals surface area contributed by atoms with E-state index < -0.39 is 0 Å². The van der Waals surface area contributed by atoms with Crippen LogP contribution in [-0.4, -0.2) is 6.26 Å². The smallest absolute Gasteiger partial charge is 0.0602 e. The minimum Gasteiger partial charge on any atom is -0.129 e. The standard InChI is InChI=1S/C14H16S2/c1-10(2)11-4-6-12(7-5-11)13-8-9-14(15-3)16-13/h4-10H,1-3H3. The SMILES string of the molecule is CSc1ccc(-c2ccc(C(C)C)cc2)s1. The van der Waals surface area contributed by atoms with Gasteiger partial charge in [-0.1, -0.05) is 38.1 Å². The van der Waals surface area contributed by atoms with E-state index in [2.05, 4.69) is 56.5 Å². The molecule has 0 amide bonds. The molecule has 0 saturated carbocycles. The maximum absolute atomic E-state index is 2.23. The van der Waals surface area contributed by atoms with Crippen molar-refractivity contribution in [2.45, 2.75) is 24.0 Å². The van der Waals surface area contributed by atoms with Gasteiger partial charge < -0.3 is 0 Å². The number of thiophene rings is 1. The second kappa shape index (κ2) is 5.07. The van der Waals surface area contributed by atoms with Gasteiger partial charge in [0, 0.05) is 4.88 Å². The zero-order valence-electron chi connectivity index (χ0n) is 9.86. The zero-order chi connectivity index (χ0) is 11.5. The van der Waals surface area contributed by atoms with Crippen molar-refractivity contribution in [3.63, 3.8) is 0 Å². The predicted octanol–water partition coefficient (Wildman–Crippen LogP) is 5.26. The van der Waals surface area contributed by atoms with Gasteiger partial charge in [0.2, 0.25) is 0 Å². The second-order valence-corrected chi connectivity index (χ2v) is 6.29. The van der Waals surface area contributed by atoms with Crippen LogP contribution in [0.5, 0.6) is 0 Å². The number of benzene rings is 1. The van der Waals surface area contributed by atoms with Crippen LogP contribution in [0.25, 0.3) is 10.4 Å². The van der Waals surface area contributed by atoms with Crippen molar-refractivity contribution in [3.8, 4) is 10.4 Å². The molecule has 0 unspecified atom stereocenters. The fourth-order valence-electron chi connectivity index (χ4n) is 1.62. The summed E-state index contributed by atoms with van der Waals surface area (Å²) in [6, 6.07) is 13.3. The Morgan fingerprint density at radius 1 is 1.00 bits per heavy atom. The predicted molar refractivity (Wildman–Crippen MR) is 75.6 cm³/mol. The van der Waals surface area contributed by atoms with E-state index in [4.69, 9.17) is 0 Å². The molecule has 0 radical (unpaired) electrons. The van der Waals surface area contributed by atoms with E-state index in [1.54, 1.807) is 0 Å². The van der Waals surface area contributed by atoms with E-state index in [-0.39, 0.29) is 0 Å². The molecular formula is C14H16S2. The summed E-state index contributed by atoms with van der Waals surface area (Å²) in [6.45, 7) is 4.46. The summed E-state index contributed by atoms with van der Waals surface area (Å²) in [5.74, 6) is 0.610. The maximum atomic E-state index is 2.23. The van der Waals surface area contributed by atoms with E-state index in [1.165, 1.54) is 20.2 Å². The molecule has 0 N–H and O–H groups in total. The van der Waals surface area contributed by atoms with Gasteiger partial charge in [-0.15, -0.1) is 23.1 Å². The van der Waals surface area contributed by atoms with Gasteiger partial charge >= 0.3 is 0 Å². The molecule has 16 heavy (non-hydrogen) atoms. The van der Waals surface area contributed by atoms with Gasteiger partial charge in [-0.3, -0.25) is 0 Å². The Labute approximate surface area is 106 Å². The van der Waals surface area contributed by atoms with Crippen molar-refractivity contribution < 1.29 is 0 Å². The Hall–Kier alpha value is -0.730. The van der Waals surface area contributed by atoms with E-state index in [0.717, 1.165) is 0 Å². The average molecular weight is 248 g/mol. The van der Waals surface area contributed by atoms with E-state index in [9.17, 15) is 0 Å². The lowest BCUT2D eigenvalue weighted by Crippen LogP contribution is -1.85. The van der Waals surface area contributed by atoms with Crippen LogP contribution in [0.1, 0.15) is 25.3 Å². The highest BCUT2D eigenvalue weighted by Crippen LogP contribution is 2.33. The van der Waals surface area contributed by atoms with E-state index in [1.807, 2.05) is 23.1 Å². The molecule has 0 spiro atoms. The molecule has 0 aliphatic rings. The topological polar surface area (TPSA) is 0 Å². The van der Waals surface area contributed by atoms with E-state index >= 15 is 0 Å². The number of hydrogen-bond acceptors (Lipinski definition) is 2. The fourth-order valence-corrected chi connectivity index (χ4v) is 3.17. The van der Waals surface area contributed by atoms with Crippen molar-refractivity contribution in [1.82, 2.24) is 0 Å². The highest BCUT2D eigenvalue weighted by atomic mass is 32.2. The van der Waals surface area contributed by atoms with Crippen molar-refractivity contribution in [3.05, 3.63) is 42.0 Å². The van der Waals surface area contributed by atoms with Crippen LogP contribution >= 0.6 is 23.1 Å². The molecule has 0 atom stereocenters. The molecule has 1 heterocycles. The fraction of sp³-hybridized carbons (Fsp3) is 0.286. The van der Waals surface area contributed by atoms with Gasteiger partial charge in [-0.25, -0.2) is 0 Å². The molecule has 84 valence electrons. The Balaban J connectivity index is 2.27. The van der Waals surface area contributed by atoms with Crippen LogP contribution in [0, 0.1) is 0 Å². The number of hydrogen-bond donors (Lipinski definition) is 0. The van der Waals surface area contributed by atoms with Gasteiger partial charge in [0.15, 0.2) is 0 Å². The lowest BCUT2D eigenvalue weighted by atomic mass is 10.0. The molecule has 2 aromatic rings. The van der Waals surface area contributed by atoms with Crippen molar-refractivity contribution in [2.24, 2.45) is 0 Å². The van der Waals surface area contributed by atoms with Gasteiger partial charge in [-0.2, -0.15) is 0 Å². The molecule has 2 heteroatoms. The summed E-state index contributed by atoms with van der Waals surface area (Å²) in [5, 5.41) is 0. The normalized spacial score (nSPS) is 11.0. The summed E-state index contributed by atoms with van der Waals surface area (Å²) >= 11 is 3.67. The highest BCUT2D eigenvalue weighted by molar-refractivity contribution is 8.00. The van der Waals surface area contributed by atoms with Gasteiger partial charge in [0.25, 0.3) is 0 Å². The highest BCUT2D eigenvalue weighted by Gasteiger charge is 2.03. The summed E-state index contributed by atoms with van der Waals surface area (Å²) in [6.07, 6.45) is 2.12. The molecule has 0 nitrogen and oxygen atoms in total. The van der Waals surface area contributed by atoms with E-state index in [0.29, 0.717) is 5.92 Å². The van der Waals surface area contributed by atoms with Gasteiger partial charge in [0.05, 0.1) is 4.21 Å². The lowest BCUT2D eigenvalue weighted by molar-refractivity contribution is 0.867. The maximum Gasteiger partial charge on any atom is 0.0602 e. The van der Waals surface area contributed by atoms with Crippen LogP contribution in [-0.2, 0) is 0 Å². The van der Waals surface area contributed by atoms with Crippen molar-refractivity contribution in [2.75, 3.05) is 6.26 Å². The van der Waals surface area contributed by atoms with Crippen LogP contribution in [0.15, 0.2) is 40.6 Å². The molecule has 1 aromatic heterocycles. The Kier molecular flexibility index (Phi) is 3.72. The Morgan fingerprint density at radius 2 is 1.69 bits per heavy atom. The first-order chi connectivity index (χ1) is 7.70. The third-order valence-electron chi connectivity index (χ3n) is 2.64. The molecule has 1 aromatic carbocycles. The van der Waals surface area contributed by atoms with Crippen molar-refractivity contribution in [1.29, 1.82) is 0 Å². The molecule has 2 rings (SSSR count). The largest absolute Gasteiger partial charge is 0.129 e. The van der Waals surface area contributed by atoms with Crippen LogP contribution < -0.4 is 0 Å². The third kappa shape index (κ3) is 2.50. The quantitative estimate of drug-likeness (QED) is 0.668. The van der Waals surface area contributed by atoms with Gasteiger partial charge in [0.1, 0.15) is 0 Å². The summed E-state index contributed by atoms with van der Waals surface area (Å²) in [5.41, 5.74) is 2.74. The number of rotatable bonds is 3.